The Labute approximate surface area is 604 Å². The van der Waals surface area contributed by atoms with Gasteiger partial charge in [0.2, 0.25) is 35.6 Å². The second-order valence-corrected chi connectivity index (χ2v) is 28.4. The molecule has 0 bridgehead atoms. The van der Waals surface area contributed by atoms with Crippen LogP contribution >= 0.6 is 11.6 Å². The van der Waals surface area contributed by atoms with Crippen LogP contribution in [0.5, 0.6) is 0 Å². The zero-order valence-corrected chi connectivity index (χ0v) is 58.2. The summed E-state index contributed by atoms with van der Waals surface area (Å²) in [5.41, 5.74) is 9.63. The lowest BCUT2D eigenvalue weighted by molar-refractivity contribution is -0.118. The molecule has 3 aliphatic carbocycles. The van der Waals surface area contributed by atoms with E-state index in [1.54, 1.807) is 30.6 Å². The summed E-state index contributed by atoms with van der Waals surface area (Å²) in [6.07, 6.45) is 10.1. The van der Waals surface area contributed by atoms with Crippen LogP contribution in [0.4, 0.5) is 17.8 Å². The number of rotatable bonds is 15. The summed E-state index contributed by atoms with van der Waals surface area (Å²) in [6, 6.07) is 56.1. The Kier molecular flexibility index (Phi) is 19.5. The number of anilines is 3. The highest BCUT2D eigenvalue weighted by atomic mass is 35.5. The van der Waals surface area contributed by atoms with Crippen LogP contribution in [-0.2, 0) is 20.0 Å². The lowest BCUT2D eigenvalue weighted by atomic mass is 9.84. The van der Waals surface area contributed by atoms with Gasteiger partial charge in [-0.15, -0.1) is 15.3 Å². The van der Waals surface area contributed by atoms with Crippen molar-refractivity contribution in [3.05, 3.63) is 215 Å². The maximum atomic E-state index is 13.2. The van der Waals surface area contributed by atoms with Gasteiger partial charge in [-0.05, 0) is 173 Å². The van der Waals surface area contributed by atoms with Crippen LogP contribution in [0.25, 0.3) is 50.7 Å². The van der Waals surface area contributed by atoms with Gasteiger partial charge in [0.25, 0.3) is 17.7 Å². The molecule has 23 nitrogen and oxygen atoms in total. The van der Waals surface area contributed by atoms with Gasteiger partial charge in [0.15, 0.2) is 22.7 Å². The fourth-order valence-corrected chi connectivity index (χ4v) is 13.9. The van der Waals surface area contributed by atoms with Gasteiger partial charge in [0, 0.05) is 107 Å². The van der Waals surface area contributed by atoms with Crippen molar-refractivity contribution in [2.24, 2.45) is 29.6 Å². The van der Waals surface area contributed by atoms with Gasteiger partial charge < -0.3 is 19.8 Å². The first-order chi connectivity index (χ1) is 50.5. The average Bonchev–Trinajstić information content (AvgIpc) is 1.43. The van der Waals surface area contributed by atoms with Crippen LogP contribution in [0.3, 0.4) is 0 Å². The number of carbonyl (C=O) groups is 7. The molecule has 24 heteroatoms. The molecule has 17 rings (SSSR count). The molecule has 4 N–H and O–H groups in total. The number of likely N-dealkylation sites (tertiary alicyclic amines) is 3. The molecule has 6 fully saturated rings. The minimum absolute atomic E-state index is 0.0117. The monoisotopic (exact) mass is 1410 g/mol. The number of ketones is 1. The summed E-state index contributed by atoms with van der Waals surface area (Å²) >= 11 is 5.98. The average molecular weight is 1410 g/mol. The van der Waals surface area contributed by atoms with Crippen molar-refractivity contribution < 1.29 is 38.7 Å². The minimum Gasteiger partial charge on any atom is -0.385 e. The first-order valence-corrected chi connectivity index (χ1v) is 36.2. The number of fused-ring (bicyclic) bond motifs is 3. The summed E-state index contributed by atoms with van der Waals surface area (Å²) < 4.78 is 5.13. The lowest BCUT2D eigenvalue weighted by Crippen LogP contribution is -2.45. The van der Waals surface area contributed by atoms with E-state index in [2.05, 4.69) is 53.1 Å². The lowest BCUT2D eigenvalue weighted by Gasteiger charge is -2.38. The maximum absolute atomic E-state index is 13.2. The highest BCUT2D eigenvalue weighted by Crippen LogP contribution is 2.37. The number of carbonyl (C=O) groups excluding carboxylic acids is 7. The second kappa shape index (κ2) is 29.6. The van der Waals surface area contributed by atoms with Crippen molar-refractivity contribution in [2.75, 3.05) is 55.2 Å². The number of halogens is 1. The van der Waals surface area contributed by atoms with Crippen LogP contribution in [0.2, 0.25) is 5.02 Å². The molecule has 0 spiro atoms. The number of pyridine rings is 3. The van der Waals surface area contributed by atoms with Crippen LogP contribution in [0.15, 0.2) is 182 Å². The Hall–Kier alpha value is -11.3. The Morgan fingerprint density at radius 3 is 1.17 bits per heavy atom. The Morgan fingerprint density at radius 1 is 0.404 bits per heavy atom. The molecule has 5 aromatic carbocycles. The van der Waals surface area contributed by atoms with Gasteiger partial charge in [0.05, 0.1) is 22.7 Å². The van der Waals surface area contributed by atoms with Crippen LogP contribution < -0.4 is 16.0 Å². The molecule has 11 aromatic rings. The maximum Gasteiger partial charge on any atom is 0.253 e. The van der Waals surface area contributed by atoms with Gasteiger partial charge in [-0.2, -0.15) is 15.0 Å². The minimum atomic E-state index is -0.960. The summed E-state index contributed by atoms with van der Waals surface area (Å²) in [5, 5.41) is 33.6. The third-order valence-electron chi connectivity index (χ3n) is 20.3. The Bertz CT molecular complexity index is 5030. The Balaban J connectivity index is 0.000000126. The van der Waals surface area contributed by atoms with E-state index in [1.165, 1.54) is 6.42 Å². The molecule has 6 aromatic heterocycles. The predicted molar refractivity (Wildman–Crippen MR) is 394 cm³/mol. The molecule has 104 heavy (non-hydrogen) atoms. The number of piperidine rings is 3. The molecule has 3 aliphatic heterocycles. The highest BCUT2D eigenvalue weighted by molar-refractivity contribution is 6.30. The zero-order valence-electron chi connectivity index (χ0n) is 57.5. The van der Waals surface area contributed by atoms with Crippen LogP contribution in [0.1, 0.15) is 131 Å². The molecule has 3 saturated heterocycles. The largest absolute Gasteiger partial charge is 0.385 e. The Morgan fingerprint density at radius 2 is 0.788 bits per heavy atom. The molecule has 6 amide bonds. The van der Waals surface area contributed by atoms with Crippen molar-refractivity contribution in [3.63, 3.8) is 0 Å². The molecule has 1 atom stereocenters. The fraction of sp³-hybridized carbons (Fsp3) is 0.312. The second-order valence-electron chi connectivity index (χ2n) is 28.0. The van der Waals surface area contributed by atoms with E-state index in [-0.39, 0.29) is 64.9 Å². The van der Waals surface area contributed by atoms with Gasteiger partial charge in [-0.1, -0.05) is 116 Å². The van der Waals surface area contributed by atoms with Crippen molar-refractivity contribution >= 4 is 87.6 Å². The number of aromatic nitrogens is 9. The van der Waals surface area contributed by atoms with Crippen molar-refractivity contribution in [1.82, 2.24) is 58.5 Å². The topological polar surface area (TPSA) is 276 Å². The number of nitrogens with one attached hydrogen (secondary N) is 3. The molecule has 3 saturated carbocycles. The van der Waals surface area contributed by atoms with Crippen molar-refractivity contribution in [1.29, 1.82) is 0 Å². The molecular weight excluding hydrogens is 1330 g/mol. The van der Waals surface area contributed by atoms with Crippen LogP contribution in [0, 0.1) is 29.6 Å². The van der Waals surface area contributed by atoms with E-state index >= 15 is 0 Å². The van der Waals surface area contributed by atoms with E-state index in [0.717, 1.165) is 103 Å². The number of nitrogens with zero attached hydrogens (tertiary/aromatic N) is 12. The summed E-state index contributed by atoms with van der Waals surface area (Å²) in [7, 11) is 0. The summed E-state index contributed by atoms with van der Waals surface area (Å²) in [6.45, 7) is 5.92. The first-order valence-electron chi connectivity index (χ1n) is 35.8. The number of Topliss-reactive ketones (excluding diaryl/α,β-unsaturated/α-hetero) is 1. The molecule has 6 aliphatic rings. The summed E-state index contributed by atoms with van der Waals surface area (Å²) in [5.74, 6) is 1.76. The fourth-order valence-electron chi connectivity index (χ4n) is 13.8. The smallest absolute Gasteiger partial charge is 0.253 e. The number of hydrogen-bond donors (Lipinski definition) is 4. The normalized spacial score (nSPS) is 17.3. The standard InChI is InChI=1S/C29H27N5O3.C28H26ClN5O3.C23H25N5O2/c35-26(20-5-2-1-3-6-20)21-15-17-33(18-16-21)28(37)23-13-9-19(10-14-23)24-7-4-8-25-30-29(32-34(24)25)31-27(36)22-11-12-22;29-22-12-10-21(11-13-22)28(37)14-16-33(17-15-28)26(36)20-8-4-18(5-9-20)23-2-1-3-24-30-27(32-34(23)24)31-25(35)19-6-7-19;1-15-4-3-13-27(14-15)22(30)18-11-7-16(8-12-18)19-5-2-6-20-24-23(26-28(19)20)25-21(29)17-9-10-17/h1-10,13-14,21-22H,11-12,15-18H2,(H,31,32,36);1-5,8-13,19,37H,6-7,14-17H2,(H,31,32,35);2,5-8,11-12,15,17H,3-4,9-10,13-14H2,1H3,(H,25,26,29). The zero-order chi connectivity index (χ0) is 71.6. The first kappa shape index (κ1) is 68.5. The van der Waals surface area contributed by atoms with Gasteiger partial charge in [0.1, 0.15) is 0 Å². The van der Waals surface area contributed by atoms with E-state index in [4.69, 9.17) is 11.6 Å². The van der Waals surface area contributed by atoms with Gasteiger partial charge >= 0.3 is 0 Å². The quantitative estimate of drug-likeness (QED) is 0.0695. The van der Waals surface area contributed by atoms with E-state index < -0.39 is 5.60 Å². The molecule has 0 radical (unpaired) electrons. The predicted octanol–water partition coefficient (Wildman–Crippen LogP) is 12.6. The molecule has 528 valence electrons. The van der Waals surface area contributed by atoms with Gasteiger partial charge in [-0.25, -0.2) is 13.5 Å². The SMILES string of the molecule is CC1CCCN(C(=O)c2ccc(-c3cccc4nc(NC(=O)C5CC5)nn34)cc2)C1.O=C(Nc1nc2cccc(-c3ccc(C(=O)N4CCC(C(=O)c5ccccc5)CC4)cc3)n2n1)C1CC1.O=C(Nc1nc2cccc(-c3ccc(C(=O)N4CCC(O)(c5ccc(Cl)cc5)CC4)cc3)n2n1)C1CC1. The van der Waals surface area contributed by atoms with Crippen molar-refractivity contribution in [3.8, 4) is 33.8 Å². The summed E-state index contributed by atoms with van der Waals surface area (Å²) in [4.78, 5) is 107. The number of amides is 6. The van der Waals surface area contributed by atoms with E-state index in [9.17, 15) is 38.7 Å². The molecular formula is C80H78ClN15O8. The van der Waals surface area contributed by atoms with E-state index in [1.807, 2.05) is 180 Å². The van der Waals surface area contributed by atoms with Crippen molar-refractivity contribution in [2.45, 2.75) is 89.6 Å². The van der Waals surface area contributed by atoms with Gasteiger partial charge in [-0.3, -0.25) is 49.5 Å². The third-order valence-corrected chi connectivity index (χ3v) is 20.6. The van der Waals surface area contributed by atoms with Crippen LogP contribution in [-0.4, -0.2) is 144 Å². The number of benzene rings is 5. The highest BCUT2D eigenvalue weighted by Gasteiger charge is 2.37. The number of aliphatic hydroxyl groups is 1. The third kappa shape index (κ3) is 15.4. The molecule has 1 unspecified atom stereocenters. The van der Waals surface area contributed by atoms with E-state index in [0.29, 0.717) is 114 Å². The number of hydrogen-bond acceptors (Lipinski definition) is 14. The molecule has 9 heterocycles.